The van der Waals surface area contributed by atoms with Crippen LogP contribution < -0.4 is 0 Å². The molecule has 4 aromatic rings. The maximum absolute atomic E-state index is 4.83. The fourth-order valence-electron chi connectivity index (χ4n) is 5.23. The van der Waals surface area contributed by atoms with E-state index < -0.39 is 22.8 Å². The van der Waals surface area contributed by atoms with Gasteiger partial charge in [-0.3, -0.25) is 0 Å². The van der Waals surface area contributed by atoms with E-state index in [-0.39, 0.29) is 56.1 Å². The summed E-state index contributed by atoms with van der Waals surface area (Å²) in [5, 5.41) is 0. The van der Waals surface area contributed by atoms with Crippen molar-refractivity contribution < 1.29 is 27.5 Å². The molecule has 0 heterocycles. The van der Waals surface area contributed by atoms with Crippen LogP contribution >= 0.6 is 37.2 Å². The first kappa shape index (κ1) is 37.6. The van der Waals surface area contributed by atoms with E-state index in [1.165, 1.54) is 39.0 Å². The molecule has 6 rings (SSSR count). The van der Waals surface area contributed by atoms with Gasteiger partial charge in [0.25, 0.3) is 0 Å². The van der Waals surface area contributed by atoms with Gasteiger partial charge in [-0.15, -0.1) is 37.2 Å². The van der Waals surface area contributed by atoms with Crippen LogP contribution in [0, 0.1) is 0 Å². The van der Waals surface area contributed by atoms with E-state index in [4.69, 9.17) is 4.74 Å². The maximum atomic E-state index is 4.83. The normalized spacial score (nSPS) is 13.2. The van der Waals surface area contributed by atoms with Crippen molar-refractivity contribution in [1.29, 1.82) is 0 Å². The minimum absolute atomic E-state index is 0. The van der Waals surface area contributed by atoms with E-state index in [1.54, 1.807) is 8.77 Å². The number of halogens is 3. The zero-order chi connectivity index (χ0) is 25.5. The molecule has 6 heteroatoms. The molecule has 1 atom stereocenters. The summed E-state index contributed by atoms with van der Waals surface area (Å²) in [5.41, 5.74) is 11.7. The van der Waals surface area contributed by atoms with Crippen LogP contribution in [0.5, 0.6) is 0 Å². The number of hydrogen-bond donors (Lipinski definition) is 0. The van der Waals surface area contributed by atoms with E-state index in [1.807, 2.05) is 13.8 Å². The van der Waals surface area contributed by atoms with Gasteiger partial charge >= 0.3 is 221 Å². The molecule has 0 spiro atoms. The van der Waals surface area contributed by atoms with Crippen LogP contribution in [0.25, 0.3) is 16.7 Å². The molecule has 0 saturated heterocycles. The second kappa shape index (κ2) is 18.9. The summed E-state index contributed by atoms with van der Waals surface area (Å²) in [7, 11) is 0. The molecule has 0 radical (unpaired) electrons. The summed E-state index contributed by atoms with van der Waals surface area (Å²) in [6.07, 6.45) is 7.83. The van der Waals surface area contributed by atoms with Crippen molar-refractivity contribution in [3.63, 3.8) is 0 Å². The Balaban J connectivity index is 0.000000866. The fraction of sp³-hybridized carbons (Fsp3) is 0.171. The third kappa shape index (κ3) is 8.78. The molecule has 2 aliphatic carbocycles. The Morgan fingerprint density at radius 2 is 1.22 bits per heavy atom. The first-order chi connectivity index (χ1) is 18.3. The molecule has 209 valence electrons. The van der Waals surface area contributed by atoms with Gasteiger partial charge in [-0.2, -0.15) is 0 Å². The Morgan fingerprint density at radius 3 is 1.76 bits per heavy atom. The van der Waals surface area contributed by atoms with Gasteiger partial charge in [0.05, 0.1) is 0 Å². The zero-order valence-electron chi connectivity index (χ0n) is 22.9. The SMILES string of the molecule is C1=CCC(c2cccc3c2[CH]([Zr]=[C](c2ccccc2)c2ccccc2)c2ccccc2-3)=C1.CCOCC.Cl.Cl.Cl.[LiH]. The second-order valence-corrected chi connectivity index (χ2v) is 12.5. The summed E-state index contributed by atoms with van der Waals surface area (Å²) < 4.78 is 6.92. The van der Waals surface area contributed by atoms with Crippen LogP contribution in [0.2, 0.25) is 0 Å². The van der Waals surface area contributed by atoms with Crippen molar-refractivity contribution in [3.05, 3.63) is 149 Å². The Kier molecular flexibility index (Phi) is 17.4. The molecule has 1 nitrogen and oxygen atoms in total. The molecular formula is C35H37Cl3LiOZr. The van der Waals surface area contributed by atoms with E-state index >= 15 is 0 Å². The van der Waals surface area contributed by atoms with E-state index in [0.717, 1.165) is 19.6 Å². The average Bonchev–Trinajstić information content (AvgIpc) is 3.61. The number of rotatable bonds is 6. The van der Waals surface area contributed by atoms with Gasteiger partial charge in [0.2, 0.25) is 0 Å². The van der Waals surface area contributed by atoms with Crippen LogP contribution in [-0.4, -0.2) is 35.3 Å². The van der Waals surface area contributed by atoms with Gasteiger partial charge < -0.3 is 4.74 Å². The monoisotopic (exact) mass is 675 g/mol. The third-order valence-corrected chi connectivity index (χ3v) is 11.2. The van der Waals surface area contributed by atoms with Crippen LogP contribution in [0.1, 0.15) is 51.7 Å². The summed E-state index contributed by atoms with van der Waals surface area (Å²) in [4.78, 5) is 0. The summed E-state index contributed by atoms with van der Waals surface area (Å²) in [5.74, 6) is 0. The molecule has 0 aromatic heterocycles. The van der Waals surface area contributed by atoms with Gasteiger partial charge in [-0.05, 0) is 13.8 Å². The van der Waals surface area contributed by atoms with Crippen molar-refractivity contribution >= 4 is 64.9 Å². The Morgan fingerprint density at radius 1 is 0.683 bits per heavy atom. The number of benzene rings is 4. The summed E-state index contributed by atoms with van der Waals surface area (Å²) in [6.45, 7) is 5.67. The van der Waals surface area contributed by atoms with Crippen LogP contribution in [0.15, 0.2) is 121 Å². The molecule has 4 aromatic carbocycles. The van der Waals surface area contributed by atoms with Gasteiger partial charge in [0, 0.05) is 13.2 Å². The Bertz CT molecular complexity index is 1410. The zero-order valence-corrected chi connectivity index (χ0v) is 27.8. The molecule has 1 unspecified atom stereocenters. The Labute approximate surface area is 287 Å². The quantitative estimate of drug-likeness (QED) is 0.185. The predicted octanol–water partition coefficient (Wildman–Crippen LogP) is 9.11. The number of fused-ring (bicyclic) bond motifs is 3. The van der Waals surface area contributed by atoms with Crippen molar-refractivity contribution in [3.8, 4) is 11.1 Å². The minimum atomic E-state index is -1.07. The molecule has 0 amide bonds. The van der Waals surface area contributed by atoms with E-state index in [9.17, 15) is 0 Å². The molecule has 41 heavy (non-hydrogen) atoms. The molecule has 0 N–H and O–H groups in total. The first-order valence-corrected chi connectivity index (χ1v) is 15.9. The Hall–Kier alpha value is -1.46. The fourth-order valence-corrected chi connectivity index (χ4v) is 9.70. The number of allylic oxidation sites excluding steroid dienone is 4. The molecule has 0 aliphatic heterocycles. The number of ether oxygens (including phenoxy) is 1. The van der Waals surface area contributed by atoms with Crippen LogP contribution in [0.3, 0.4) is 0 Å². The molecular weight excluding hydrogens is 641 g/mol. The molecule has 0 bridgehead atoms. The molecule has 0 saturated carbocycles. The van der Waals surface area contributed by atoms with E-state index in [2.05, 4.69) is 121 Å². The van der Waals surface area contributed by atoms with Gasteiger partial charge in [0.15, 0.2) is 0 Å². The standard InChI is InChI=1S/C18H13.C13H10.C4H10O.3ClH.Li.Zr.H/c1-2-7-13(6-1)15-10-5-11-17-16-9-4-3-8-14(16)12-18(15)17;1-3-7-12(8-4-1)11-13-9-5-2-6-10-13;1-3-5-4-2;;;;;;/h1-6,8-12H,7H2;1-10H;3-4H2,1-2H3;3*1H;;;. The average molecular weight is 678 g/mol. The number of hydrogen-bond acceptors (Lipinski definition) is 1. The first-order valence-electron chi connectivity index (χ1n) is 13.2. The van der Waals surface area contributed by atoms with Gasteiger partial charge in [-0.1, -0.05) is 0 Å². The van der Waals surface area contributed by atoms with Crippen molar-refractivity contribution in [2.75, 3.05) is 13.2 Å². The summed E-state index contributed by atoms with van der Waals surface area (Å²) in [6, 6.07) is 38.2. The van der Waals surface area contributed by atoms with Gasteiger partial charge in [-0.25, -0.2) is 0 Å². The van der Waals surface area contributed by atoms with Crippen molar-refractivity contribution in [2.24, 2.45) is 0 Å². The topological polar surface area (TPSA) is 9.23 Å². The van der Waals surface area contributed by atoms with Crippen molar-refractivity contribution in [2.45, 2.75) is 23.9 Å². The van der Waals surface area contributed by atoms with Crippen LogP contribution in [-0.2, 0) is 27.5 Å². The second-order valence-electron chi connectivity index (χ2n) is 9.14. The summed E-state index contributed by atoms with van der Waals surface area (Å²) >= 11 is -1.07. The predicted molar refractivity (Wildman–Crippen MR) is 183 cm³/mol. The van der Waals surface area contributed by atoms with E-state index in [0.29, 0.717) is 3.63 Å². The van der Waals surface area contributed by atoms with Crippen LogP contribution in [0.4, 0.5) is 0 Å². The molecule has 0 fully saturated rings. The third-order valence-electron chi connectivity index (χ3n) is 6.90. The molecule has 2 aliphatic rings. The van der Waals surface area contributed by atoms with Gasteiger partial charge in [0.1, 0.15) is 0 Å². The van der Waals surface area contributed by atoms with Crippen molar-refractivity contribution in [1.82, 2.24) is 0 Å².